The van der Waals surface area contributed by atoms with E-state index in [1.54, 1.807) is 7.11 Å². The van der Waals surface area contributed by atoms with E-state index in [4.69, 9.17) is 4.74 Å². The highest BCUT2D eigenvalue weighted by atomic mass is 16.5. The summed E-state index contributed by atoms with van der Waals surface area (Å²) in [7, 11) is 3.99. The van der Waals surface area contributed by atoms with E-state index in [0.29, 0.717) is 30.1 Å². The number of methoxy groups -OCH3 is 1. The lowest BCUT2D eigenvalue weighted by Gasteiger charge is -2.61. The number of ketones is 1. The maximum absolute atomic E-state index is 12.8. The van der Waals surface area contributed by atoms with Crippen molar-refractivity contribution in [2.45, 2.75) is 44.6 Å². The monoisotopic (exact) mass is 313 g/mol. The molecule has 23 heavy (non-hydrogen) atoms. The van der Waals surface area contributed by atoms with Crippen LogP contribution in [0.4, 0.5) is 0 Å². The highest BCUT2D eigenvalue weighted by molar-refractivity contribution is 5.84. The van der Waals surface area contributed by atoms with Gasteiger partial charge in [-0.25, -0.2) is 0 Å². The molecule has 0 amide bonds. The molecule has 1 aliphatic heterocycles. The number of nitrogens with zero attached hydrogens (tertiary/aromatic N) is 1. The molecule has 1 saturated carbocycles. The van der Waals surface area contributed by atoms with Crippen LogP contribution in [0.5, 0.6) is 5.75 Å². The second kappa shape index (κ2) is 5.07. The van der Waals surface area contributed by atoms with Gasteiger partial charge in [0, 0.05) is 23.8 Å². The summed E-state index contributed by atoms with van der Waals surface area (Å²) in [4.78, 5) is 15.3. The number of likely N-dealkylation sites (N-methyl/N-ethyl adjacent to an activating group) is 1. The Hall–Kier alpha value is -1.35. The smallest absolute Gasteiger partial charge is 0.136 e. The van der Waals surface area contributed by atoms with Crippen LogP contribution in [0, 0.1) is 17.8 Å². The van der Waals surface area contributed by atoms with Gasteiger partial charge in [-0.2, -0.15) is 0 Å². The number of carbonyl (C=O) groups excluding carboxylic acids is 1. The van der Waals surface area contributed by atoms with E-state index in [1.807, 2.05) is 0 Å². The maximum Gasteiger partial charge on any atom is 0.136 e. The van der Waals surface area contributed by atoms with Crippen molar-refractivity contribution >= 4 is 5.78 Å². The van der Waals surface area contributed by atoms with Crippen LogP contribution in [-0.4, -0.2) is 37.4 Å². The van der Waals surface area contributed by atoms with E-state index < -0.39 is 0 Å². The van der Waals surface area contributed by atoms with E-state index in [0.717, 1.165) is 25.1 Å². The average molecular weight is 313 g/mol. The Labute approximate surface area is 139 Å². The first kappa shape index (κ1) is 15.2. The minimum Gasteiger partial charge on any atom is -0.497 e. The lowest BCUT2D eigenvalue weighted by molar-refractivity contribution is -0.137. The number of hydrogen-bond donors (Lipinski definition) is 0. The van der Waals surface area contributed by atoms with E-state index in [2.05, 4.69) is 44.0 Å². The van der Waals surface area contributed by atoms with Crippen LogP contribution >= 0.6 is 0 Å². The van der Waals surface area contributed by atoms with Crippen molar-refractivity contribution in [2.75, 3.05) is 20.7 Å². The summed E-state index contributed by atoms with van der Waals surface area (Å²) < 4.78 is 5.49. The molecule has 0 N–H and O–H groups in total. The fourth-order valence-corrected chi connectivity index (χ4v) is 5.73. The van der Waals surface area contributed by atoms with Gasteiger partial charge in [0.15, 0.2) is 0 Å². The van der Waals surface area contributed by atoms with Crippen molar-refractivity contribution in [3.05, 3.63) is 29.3 Å². The van der Waals surface area contributed by atoms with Crippen molar-refractivity contribution in [3.8, 4) is 5.75 Å². The number of hydrogen-bond acceptors (Lipinski definition) is 3. The molecule has 124 valence electrons. The summed E-state index contributed by atoms with van der Waals surface area (Å²) in [6.45, 7) is 5.53. The van der Waals surface area contributed by atoms with E-state index in [1.165, 1.54) is 11.1 Å². The van der Waals surface area contributed by atoms with Crippen LogP contribution < -0.4 is 4.74 Å². The van der Waals surface area contributed by atoms with E-state index in [-0.39, 0.29) is 11.3 Å². The van der Waals surface area contributed by atoms with Crippen molar-refractivity contribution in [3.63, 3.8) is 0 Å². The van der Waals surface area contributed by atoms with Gasteiger partial charge in [-0.1, -0.05) is 19.9 Å². The van der Waals surface area contributed by atoms with Gasteiger partial charge in [-0.05, 0) is 61.5 Å². The summed E-state index contributed by atoms with van der Waals surface area (Å²) in [5.41, 5.74) is 2.86. The van der Waals surface area contributed by atoms with E-state index >= 15 is 0 Å². The fourth-order valence-electron chi connectivity index (χ4n) is 5.73. The van der Waals surface area contributed by atoms with E-state index in [9.17, 15) is 4.79 Å². The predicted octanol–water partition coefficient (Wildman–Crippen LogP) is 3.05. The molecular weight excluding hydrogens is 286 g/mol. The quantitative estimate of drug-likeness (QED) is 0.798. The molecule has 0 radical (unpaired) electrons. The Morgan fingerprint density at radius 3 is 2.83 bits per heavy atom. The number of rotatable bonds is 1. The third kappa shape index (κ3) is 1.95. The molecule has 1 saturated heterocycles. The maximum atomic E-state index is 12.8. The zero-order valence-electron chi connectivity index (χ0n) is 14.6. The molecule has 1 heterocycles. The minimum atomic E-state index is 0.0301. The molecule has 1 aromatic rings. The van der Waals surface area contributed by atoms with Gasteiger partial charge < -0.3 is 9.64 Å². The lowest BCUT2D eigenvalue weighted by atomic mass is 9.48. The number of likely N-dealkylation sites (tertiary alicyclic amines) is 1. The second-order valence-electron chi connectivity index (χ2n) is 8.00. The molecule has 2 bridgehead atoms. The van der Waals surface area contributed by atoms with Crippen LogP contribution in [0.15, 0.2) is 18.2 Å². The van der Waals surface area contributed by atoms with Crippen LogP contribution in [0.1, 0.15) is 37.8 Å². The summed E-state index contributed by atoms with van der Waals surface area (Å²) in [5.74, 6) is 2.59. The molecule has 1 aromatic carbocycles. The van der Waals surface area contributed by atoms with Gasteiger partial charge in [-0.15, -0.1) is 0 Å². The van der Waals surface area contributed by atoms with Gasteiger partial charge in [-0.3, -0.25) is 4.79 Å². The zero-order valence-corrected chi connectivity index (χ0v) is 14.6. The van der Waals surface area contributed by atoms with Crippen LogP contribution in [-0.2, 0) is 16.6 Å². The number of fused-ring (bicyclic) bond motifs is 1. The standard InChI is InChI=1S/C20H27NO2/c1-12-13(2)19-17-9-14-5-6-15(23-4)10-16(14)20(19,11-18(12)22)7-8-21(17)3/h5-6,10,12-13,17,19H,7-9,11H2,1-4H3/t12-,13-,17?,19-,20?/m0/s1. The van der Waals surface area contributed by atoms with Gasteiger partial charge >= 0.3 is 0 Å². The first-order valence-electron chi connectivity index (χ1n) is 8.88. The Morgan fingerprint density at radius 1 is 1.30 bits per heavy atom. The summed E-state index contributed by atoms with van der Waals surface area (Å²) in [5, 5.41) is 0. The SMILES string of the molecule is COc1ccc2c(c1)C13CCN(C)C(C2)[C@@H]1[C@@H](C)[C@H](C)C(=O)C3. The third-order valence-electron chi connectivity index (χ3n) is 7.16. The van der Waals surface area contributed by atoms with Crippen molar-refractivity contribution in [2.24, 2.45) is 17.8 Å². The second-order valence-corrected chi connectivity index (χ2v) is 8.00. The molecular formula is C20H27NO2. The van der Waals surface area contributed by atoms with Crippen LogP contribution in [0.25, 0.3) is 0 Å². The Balaban J connectivity index is 1.92. The number of piperidine rings is 1. The fraction of sp³-hybridized carbons (Fsp3) is 0.650. The largest absolute Gasteiger partial charge is 0.497 e. The number of Topliss-reactive ketones (excluding diaryl/α,β-unsaturated/α-hetero) is 1. The van der Waals surface area contributed by atoms with Crippen molar-refractivity contribution < 1.29 is 9.53 Å². The van der Waals surface area contributed by atoms with Gasteiger partial charge in [0.05, 0.1) is 7.11 Å². The molecule has 2 aliphatic carbocycles. The minimum absolute atomic E-state index is 0.0301. The molecule has 5 atom stereocenters. The predicted molar refractivity (Wildman–Crippen MR) is 90.9 cm³/mol. The summed E-state index contributed by atoms with van der Waals surface area (Å²) in [6, 6.07) is 7.09. The van der Waals surface area contributed by atoms with Crippen LogP contribution in [0.2, 0.25) is 0 Å². The molecule has 0 aromatic heterocycles. The first-order chi connectivity index (χ1) is 11.0. The average Bonchev–Trinajstić information content (AvgIpc) is 2.55. The Morgan fingerprint density at radius 2 is 2.09 bits per heavy atom. The molecule has 2 unspecified atom stereocenters. The zero-order chi connectivity index (χ0) is 16.4. The van der Waals surface area contributed by atoms with Crippen LogP contribution in [0.3, 0.4) is 0 Å². The van der Waals surface area contributed by atoms with Gasteiger partial charge in [0.25, 0.3) is 0 Å². The number of benzene rings is 1. The van der Waals surface area contributed by atoms with Gasteiger partial charge in [0.1, 0.15) is 11.5 Å². The molecule has 3 heteroatoms. The highest BCUT2D eigenvalue weighted by Crippen LogP contribution is 2.58. The third-order valence-corrected chi connectivity index (χ3v) is 7.16. The molecule has 3 aliphatic rings. The molecule has 0 spiro atoms. The van der Waals surface area contributed by atoms with Gasteiger partial charge in [0.2, 0.25) is 0 Å². The normalized spacial score (nSPS) is 39.6. The summed E-state index contributed by atoms with van der Waals surface area (Å²) >= 11 is 0. The topological polar surface area (TPSA) is 29.5 Å². The Bertz CT molecular complexity index is 655. The summed E-state index contributed by atoms with van der Waals surface area (Å²) in [6.07, 6.45) is 2.91. The van der Waals surface area contributed by atoms with Crippen molar-refractivity contribution in [1.82, 2.24) is 4.90 Å². The molecule has 2 fully saturated rings. The van der Waals surface area contributed by atoms with Crippen molar-refractivity contribution in [1.29, 1.82) is 0 Å². The first-order valence-corrected chi connectivity index (χ1v) is 8.88. The molecule has 4 rings (SSSR count). The number of ether oxygens (including phenoxy) is 1. The Kier molecular flexibility index (Phi) is 3.35. The number of carbonyl (C=O) groups is 1. The highest BCUT2D eigenvalue weighted by Gasteiger charge is 2.58. The molecule has 3 nitrogen and oxygen atoms in total. The lowest BCUT2D eigenvalue weighted by Crippen LogP contribution is -2.64.